The van der Waals surface area contributed by atoms with Crippen molar-refractivity contribution in [2.45, 2.75) is 39.4 Å². The van der Waals surface area contributed by atoms with Gasteiger partial charge in [-0.25, -0.2) is 9.78 Å². The highest BCUT2D eigenvalue weighted by atomic mass is 32.1. The lowest BCUT2D eigenvalue weighted by Gasteiger charge is -2.19. The van der Waals surface area contributed by atoms with Crippen molar-refractivity contribution in [3.63, 3.8) is 0 Å². The summed E-state index contributed by atoms with van der Waals surface area (Å²) in [4.78, 5) is 33.8. The van der Waals surface area contributed by atoms with Gasteiger partial charge < -0.3 is 15.6 Å². The quantitative estimate of drug-likeness (QED) is 0.498. The van der Waals surface area contributed by atoms with E-state index < -0.39 is 0 Å². The van der Waals surface area contributed by atoms with Crippen LogP contribution in [0.3, 0.4) is 0 Å². The van der Waals surface area contributed by atoms with E-state index in [-0.39, 0.29) is 11.6 Å². The average Bonchev–Trinajstić information content (AvgIpc) is 3.21. The predicted molar refractivity (Wildman–Crippen MR) is 129 cm³/mol. The summed E-state index contributed by atoms with van der Waals surface area (Å²) >= 11 is 5.48. The van der Waals surface area contributed by atoms with Crippen LogP contribution < -0.4 is 16.3 Å². The molecule has 1 aromatic carbocycles. The van der Waals surface area contributed by atoms with Gasteiger partial charge in [0.2, 0.25) is 0 Å². The highest BCUT2D eigenvalue weighted by Gasteiger charge is 2.23. The number of nitrogens with zero attached hydrogens (tertiary/aromatic N) is 3. The van der Waals surface area contributed by atoms with Crippen molar-refractivity contribution < 1.29 is 4.79 Å². The first kappa shape index (κ1) is 22.2. The van der Waals surface area contributed by atoms with Crippen LogP contribution in [0.25, 0.3) is 10.9 Å². The Balaban J connectivity index is 1.43. The maximum atomic E-state index is 12.3. The second-order valence-electron chi connectivity index (χ2n) is 8.13. The smallest absolute Gasteiger partial charge is 0.326 e. The summed E-state index contributed by atoms with van der Waals surface area (Å²) in [5.41, 5.74) is 3.95. The number of carbonyl (C=O) groups is 1. The lowest BCUT2D eigenvalue weighted by molar-refractivity contribution is 0.0958. The van der Waals surface area contributed by atoms with Gasteiger partial charge in [-0.15, -0.1) is 0 Å². The first-order valence-corrected chi connectivity index (χ1v) is 11.2. The maximum Gasteiger partial charge on any atom is 0.326 e. The van der Waals surface area contributed by atoms with Crippen LogP contribution in [0.1, 0.15) is 35.1 Å². The summed E-state index contributed by atoms with van der Waals surface area (Å²) in [7, 11) is 1.60. The van der Waals surface area contributed by atoms with Crippen LogP contribution in [0.5, 0.6) is 0 Å². The van der Waals surface area contributed by atoms with Gasteiger partial charge in [0.1, 0.15) is 10.3 Å². The molecule has 1 aliphatic rings. The third kappa shape index (κ3) is 4.44. The topological polar surface area (TPSA) is 95.0 Å². The number of hydrogen-bond acceptors (Lipinski definition) is 6. The molecule has 9 heteroatoms. The number of aromatic amines is 1. The molecule has 8 nitrogen and oxygen atoms in total. The molecule has 0 aliphatic carbocycles. The van der Waals surface area contributed by atoms with Crippen molar-refractivity contribution in [1.29, 1.82) is 0 Å². The highest BCUT2D eigenvalue weighted by molar-refractivity contribution is 7.71. The summed E-state index contributed by atoms with van der Waals surface area (Å²) < 4.78 is 2.15. The SMILES string of the molecule is CCn1c(=O)[nH]c2cc(CN3CCC(Nc4ccc(C(=O)NC)nc4C)C3)ccc2c1=S. The minimum atomic E-state index is -0.184. The third-order valence-corrected chi connectivity index (χ3v) is 6.39. The number of pyridine rings is 1. The Kier molecular flexibility index (Phi) is 6.38. The second-order valence-corrected chi connectivity index (χ2v) is 8.52. The fourth-order valence-electron chi connectivity index (χ4n) is 4.23. The van der Waals surface area contributed by atoms with Gasteiger partial charge in [-0.2, -0.15) is 0 Å². The van der Waals surface area contributed by atoms with Gasteiger partial charge in [0.25, 0.3) is 5.91 Å². The normalized spacial score (nSPS) is 16.4. The van der Waals surface area contributed by atoms with Crippen molar-refractivity contribution in [2.24, 2.45) is 0 Å². The van der Waals surface area contributed by atoms with Crippen LogP contribution in [0.15, 0.2) is 35.1 Å². The summed E-state index contributed by atoms with van der Waals surface area (Å²) in [6, 6.07) is 10.1. The first-order chi connectivity index (χ1) is 15.4. The second kappa shape index (κ2) is 9.22. The molecule has 1 aliphatic heterocycles. The number of likely N-dealkylation sites (tertiary alicyclic amines) is 1. The van der Waals surface area contributed by atoms with Crippen molar-refractivity contribution in [3.05, 3.63) is 62.4 Å². The zero-order valence-electron chi connectivity index (χ0n) is 18.6. The maximum absolute atomic E-state index is 12.3. The van der Waals surface area contributed by atoms with Crippen LogP contribution in [0.4, 0.5) is 5.69 Å². The lowest BCUT2D eigenvalue weighted by atomic mass is 10.1. The minimum absolute atomic E-state index is 0.168. The molecular formula is C23H28N6O2S. The molecular weight excluding hydrogens is 424 g/mol. The van der Waals surface area contributed by atoms with Gasteiger partial charge in [0, 0.05) is 44.7 Å². The lowest BCUT2D eigenvalue weighted by Crippen LogP contribution is -2.27. The molecule has 1 fully saturated rings. The average molecular weight is 453 g/mol. The Morgan fingerprint density at radius 3 is 2.84 bits per heavy atom. The van der Waals surface area contributed by atoms with Gasteiger partial charge in [0.05, 0.1) is 16.9 Å². The van der Waals surface area contributed by atoms with E-state index >= 15 is 0 Å². The fraction of sp³-hybridized carbons (Fsp3) is 0.391. The van der Waals surface area contributed by atoms with Crippen molar-refractivity contribution in [1.82, 2.24) is 24.8 Å². The summed E-state index contributed by atoms with van der Waals surface area (Å²) in [5, 5.41) is 7.06. The molecule has 0 saturated carbocycles. The minimum Gasteiger partial charge on any atom is -0.380 e. The molecule has 1 amide bonds. The molecule has 4 rings (SSSR count). The fourth-order valence-corrected chi connectivity index (χ4v) is 4.62. The van der Waals surface area contributed by atoms with E-state index in [0.717, 1.165) is 53.9 Å². The van der Waals surface area contributed by atoms with E-state index in [1.807, 2.05) is 32.0 Å². The number of fused-ring (bicyclic) bond motifs is 1. The molecule has 32 heavy (non-hydrogen) atoms. The molecule has 1 saturated heterocycles. The molecule has 3 N–H and O–H groups in total. The number of H-pyrrole nitrogens is 1. The van der Waals surface area contributed by atoms with Crippen molar-refractivity contribution in [3.8, 4) is 0 Å². The summed E-state index contributed by atoms with van der Waals surface area (Å²) in [6.07, 6.45) is 1.02. The van der Waals surface area contributed by atoms with Gasteiger partial charge >= 0.3 is 5.69 Å². The Labute approximate surface area is 191 Å². The van der Waals surface area contributed by atoms with Gasteiger partial charge in [-0.05, 0) is 50.1 Å². The molecule has 168 valence electrons. The summed E-state index contributed by atoms with van der Waals surface area (Å²) in [6.45, 7) is 7.06. The van der Waals surface area contributed by atoms with Gasteiger partial charge in [-0.3, -0.25) is 14.3 Å². The Bertz CT molecular complexity index is 1280. The van der Waals surface area contributed by atoms with Crippen LogP contribution in [-0.2, 0) is 13.1 Å². The number of amides is 1. The number of carbonyl (C=O) groups excluding carboxylic acids is 1. The van der Waals surface area contributed by atoms with Gasteiger partial charge in [0.15, 0.2) is 0 Å². The zero-order chi connectivity index (χ0) is 22.8. The standard InChI is InChI=1S/C23H28N6O2S/c1-4-29-22(32)17-6-5-15(11-20(17)27-23(29)31)12-28-10-9-16(13-28)26-18-7-8-19(21(30)24-3)25-14(18)2/h5-8,11,16,26H,4,9-10,12-13H2,1-3H3,(H,24,30)(H,27,31). The van der Waals surface area contributed by atoms with Crippen molar-refractivity contribution in [2.75, 3.05) is 25.5 Å². The van der Waals surface area contributed by atoms with E-state index in [0.29, 0.717) is 22.9 Å². The van der Waals surface area contributed by atoms with Gasteiger partial charge in [-0.1, -0.05) is 18.3 Å². The molecule has 1 atom stereocenters. The van der Waals surface area contributed by atoms with E-state index in [1.54, 1.807) is 17.7 Å². The third-order valence-electron chi connectivity index (χ3n) is 5.95. The number of rotatable bonds is 6. The number of nitrogens with one attached hydrogen (secondary N) is 3. The molecule has 3 heterocycles. The van der Waals surface area contributed by atoms with E-state index in [1.165, 1.54) is 0 Å². The molecule has 2 aromatic heterocycles. The monoisotopic (exact) mass is 452 g/mol. The molecule has 0 radical (unpaired) electrons. The largest absolute Gasteiger partial charge is 0.380 e. The number of aryl methyl sites for hydroxylation is 1. The van der Waals surface area contributed by atoms with Crippen LogP contribution in [0.2, 0.25) is 0 Å². The van der Waals surface area contributed by atoms with E-state index in [2.05, 4.69) is 31.6 Å². The Morgan fingerprint density at radius 1 is 1.31 bits per heavy atom. The Morgan fingerprint density at radius 2 is 2.12 bits per heavy atom. The number of anilines is 1. The van der Waals surface area contributed by atoms with Crippen molar-refractivity contribution >= 4 is 34.7 Å². The number of benzene rings is 1. The molecule has 3 aromatic rings. The van der Waals surface area contributed by atoms with E-state index in [9.17, 15) is 9.59 Å². The first-order valence-electron chi connectivity index (χ1n) is 10.8. The molecule has 0 spiro atoms. The predicted octanol–water partition coefficient (Wildman–Crippen LogP) is 2.83. The van der Waals surface area contributed by atoms with Crippen LogP contribution in [0, 0.1) is 11.6 Å². The molecule has 0 bridgehead atoms. The van der Waals surface area contributed by atoms with E-state index in [4.69, 9.17) is 12.2 Å². The summed E-state index contributed by atoms with van der Waals surface area (Å²) in [5.74, 6) is -0.184. The molecule has 1 unspecified atom stereocenters. The highest BCUT2D eigenvalue weighted by Crippen LogP contribution is 2.21. The van der Waals surface area contributed by atoms with Crippen LogP contribution in [-0.4, -0.2) is 51.5 Å². The number of aromatic nitrogens is 3. The number of hydrogen-bond donors (Lipinski definition) is 3. The van der Waals surface area contributed by atoms with Crippen LogP contribution >= 0.6 is 12.2 Å². The zero-order valence-corrected chi connectivity index (χ0v) is 19.4. The Hall–Kier alpha value is -3.04.